The van der Waals surface area contributed by atoms with Gasteiger partial charge < -0.3 is 4.74 Å². The summed E-state index contributed by atoms with van der Waals surface area (Å²) in [4.78, 5) is 2.32. The van der Waals surface area contributed by atoms with E-state index in [2.05, 4.69) is 18.9 Å². The van der Waals surface area contributed by atoms with Gasteiger partial charge in [-0.05, 0) is 39.3 Å². The first-order valence-corrected chi connectivity index (χ1v) is 4.66. The molecule has 11 heavy (non-hydrogen) atoms. The highest BCUT2D eigenvalue weighted by Gasteiger charge is 2.16. The van der Waals surface area contributed by atoms with Crippen LogP contribution in [0.5, 0.6) is 0 Å². The molecule has 1 atom stereocenters. The first kappa shape index (κ1) is 9.01. The fourth-order valence-electron chi connectivity index (χ4n) is 1.57. The molecule has 0 spiro atoms. The van der Waals surface area contributed by atoms with Gasteiger partial charge in [-0.25, -0.2) is 0 Å². The molecular formula is C9H19NO. The van der Waals surface area contributed by atoms with Gasteiger partial charge >= 0.3 is 0 Å². The molecule has 1 aliphatic rings. The predicted octanol–water partition coefficient (Wildman–Crippen LogP) is 1.85. The van der Waals surface area contributed by atoms with E-state index in [0.29, 0.717) is 6.23 Å². The second-order valence-corrected chi connectivity index (χ2v) is 3.30. The predicted molar refractivity (Wildman–Crippen MR) is 46.5 cm³/mol. The van der Waals surface area contributed by atoms with Gasteiger partial charge in [0, 0.05) is 6.61 Å². The van der Waals surface area contributed by atoms with Crippen molar-refractivity contribution < 1.29 is 4.74 Å². The normalized spacial score (nSPS) is 25.9. The van der Waals surface area contributed by atoms with Crippen molar-refractivity contribution in [2.45, 2.75) is 38.8 Å². The Kier molecular flexibility index (Phi) is 3.87. The van der Waals surface area contributed by atoms with Crippen molar-refractivity contribution in [3.05, 3.63) is 0 Å². The van der Waals surface area contributed by atoms with Crippen LogP contribution in [0.15, 0.2) is 0 Å². The summed E-state index contributed by atoms with van der Waals surface area (Å²) in [5.41, 5.74) is 0. The van der Waals surface area contributed by atoms with Crippen LogP contribution in [0.3, 0.4) is 0 Å². The van der Waals surface area contributed by atoms with E-state index in [4.69, 9.17) is 4.74 Å². The fraction of sp³-hybridized carbons (Fsp3) is 1.00. The summed E-state index contributed by atoms with van der Waals surface area (Å²) in [7, 11) is 2.15. The van der Waals surface area contributed by atoms with Crippen LogP contribution in [-0.4, -0.2) is 31.3 Å². The van der Waals surface area contributed by atoms with Crippen LogP contribution in [0.1, 0.15) is 32.6 Å². The third-order valence-electron chi connectivity index (χ3n) is 2.22. The molecule has 0 aromatic rings. The van der Waals surface area contributed by atoms with Crippen molar-refractivity contribution in [1.29, 1.82) is 0 Å². The summed E-state index contributed by atoms with van der Waals surface area (Å²) in [6, 6.07) is 0. The third kappa shape index (κ3) is 2.80. The fourth-order valence-corrected chi connectivity index (χ4v) is 1.57. The van der Waals surface area contributed by atoms with Crippen LogP contribution < -0.4 is 0 Å². The van der Waals surface area contributed by atoms with Crippen LogP contribution in [0, 0.1) is 0 Å². The quantitative estimate of drug-likeness (QED) is 0.620. The van der Waals surface area contributed by atoms with Gasteiger partial charge in [-0.15, -0.1) is 0 Å². The molecule has 0 radical (unpaired) electrons. The maximum atomic E-state index is 5.62. The van der Waals surface area contributed by atoms with Gasteiger partial charge in [-0.3, -0.25) is 4.90 Å². The Hall–Kier alpha value is -0.0800. The maximum absolute atomic E-state index is 5.62. The van der Waals surface area contributed by atoms with E-state index in [-0.39, 0.29) is 0 Å². The Morgan fingerprint density at radius 1 is 1.45 bits per heavy atom. The summed E-state index contributed by atoms with van der Waals surface area (Å²) in [5, 5.41) is 0. The van der Waals surface area contributed by atoms with Gasteiger partial charge in [0.1, 0.15) is 6.23 Å². The Morgan fingerprint density at radius 2 is 2.27 bits per heavy atom. The van der Waals surface area contributed by atoms with Crippen LogP contribution in [0.4, 0.5) is 0 Å². The first-order chi connectivity index (χ1) is 5.34. The van der Waals surface area contributed by atoms with E-state index in [1.165, 1.54) is 25.7 Å². The molecule has 1 saturated heterocycles. The average Bonchev–Trinajstić information content (AvgIpc) is 2.07. The van der Waals surface area contributed by atoms with Crippen molar-refractivity contribution in [3.63, 3.8) is 0 Å². The van der Waals surface area contributed by atoms with Gasteiger partial charge in [-0.1, -0.05) is 6.92 Å². The molecule has 2 heteroatoms. The van der Waals surface area contributed by atoms with Crippen molar-refractivity contribution in [2.75, 3.05) is 20.2 Å². The zero-order valence-corrected chi connectivity index (χ0v) is 7.68. The number of hydrogen-bond acceptors (Lipinski definition) is 2. The average molecular weight is 157 g/mol. The molecule has 2 nitrogen and oxygen atoms in total. The van der Waals surface area contributed by atoms with E-state index < -0.39 is 0 Å². The molecule has 1 fully saturated rings. The first-order valence-electron chi connectivity index (χ1n) is 4.66. The van der Waals surface area contributed by atoms with E-state index >= 15 is 0 Å². The molecule has 0 aliphatic carbocycles. The van der Waals surface area contributed by atoms with Gasteiger partial charge in [0.15, 0.2) is 0 Å². The molecule has 1 aliphatic heterocycles. The number of nitrogens with zero attached hydrogens (tertiary/aromatic N) is 1. The zero-order chi connectivity index (χ0) is 8.10. The number of hydrogen-bond donors (Lipinski definition) is 0. The van der Waals surface area contributed by atoms with Gasteiger partial charge in [-0.2, -0.15) is 0 Å². The van der Waals surface area contributed by atoms with Gasteiger partial charge in [0.2, 0.25) is 0 Å². The zero-order valence-electron chi connectivity index (χ0n) is 7.68. The molecule has 0 saturated carbocycles. The maximum Gasteiger partial charge on any atom is 0.110 e. The minimum Gasteiger partial charge on any atom is -0.363 e. The molecule has 1 rings (SSSR count). The van der Waals surface area contributed by atoms with E-state index in [9.17, 15) is 0 Å². The smallest absolute Gasteiger partial charge is 0.110 e. The van der Waals surface area contributed by atoms with E-state index in [1.54, 1.807) is 0 Å². The molecular weight excluding hydrogens is 138 g/mol. The van der Waals surface area contributed by atoms with Crippen LogP contribution >= 0.6 is 0 Å². The summed E-state index contributed by atoms with van der Waals surface area (Å²) in [6.45, 7) is 4.32. The number of ether oxygens (including phenoxy) is 1. The third-order valence-corrected chi connectivity index (χ3v) is 2.22. The molecule has 0 aromatic carbocycles. The Morgan fingerprint density at radius 3 is 2.82 bits per heavy atom. The van der Waals surface area contributed by atoms with E-state index in [1.807, 2.05) is 0 Å². The number of rotatable bonds is 3. The Bertz CT molecular complexity index is 99.7. The lowest BCUT2D eigenvalue weighted by atomic mass is 10.2. The lowest BCUT2D eigenvalue weighted by molar-refractivity contribution is -0.0747. The molecule has 1 heterocycles. The Labute approximate surface area is 69.5 Å². The van der Waals surface area contributed by atoms with Crippen molar-refractivity contribution in [1.82, 2.24) is 4.90 Å². The molecule has 0 N–H and O–H groups in total. The minimum atomic E-state index is 0.406. The van der Waals surface area contributed by atoms with Gasteiger partial charge in [0.25, 0.3) is 0 Å². The van der Waals surface area contributed by atoms with Crippen LogP contribution in [0.2, 0.25) is 0 Å². The summed E-state index contributed by atoms with van der Waals surface area (Å²) in [5.74, 6) is 0. The van der Waals surface area contributed by atoms with Crippen molar-refractivity contribution in [3.8, 4) is 0 Å². The Balaban J connectivity index is 2.21. The van der Waals surface area contributed by atoms with Crippen LogP contribution in [-0.2, 0) is 4.74 Å². The SMILES string of the molecule is CCCN(C)C1CCCCO1. The summed E-state index contributed by atoms with van der Waals surface area (Å²) >= 11 is 0. The van der Waals surface area contributed by atoms with E-state index in [0.717, 1.165) is 13.2 Å². The standard InChI is InChI=1S/C9H19NO/c1-3-7-10(2)9-6-4-5-8-11-9/h9H,3-8H2,1-2H3. The molecule has 0 amide bonds. The van der Waals surface area contributed by atoms with Crippen molar-refractivity contribution >= 4 is 0 Å². The molecule has 0 bridgehead atoms. The minimum absolute atomic E-state index is 0.406. The molecule has 66 valence electrons. The lowest BCUT2D eigenvalue weighted by Crippen LogP contribution is -2.36. The molecule has 0 aromatic heterocycles. The van der Waals surface area contributed by atoms with Gasteiger partial charge in [0.05, 0.1) is 0 Å². The lowest BCUT2D eigenvalue weighted by Gasteiger charge is -2.30. The molecule has 1 unspecified atom stereocenters. The highest BCUT2D eigenvalue weighted by molar-refractivity contribution is 4.62. The largest absolute Gasteiger partial charge is 0.363 e. The second kappa shape index (κ2) is 4.73. The highest BCUT2D eigenvalue weighted by Crippen LogP contribution is 2.15. The summed E-state index contributed by atoms with van der Waals surface area (Å²) < 4.78 is 5.62. The topological polar surface area (TPSA) is 12.5 Å². The monoisotopic (exact) mass is 157 g/mol. The van der Waals surface area contributed by atoms with Crippen LogP contribution in [0.25, 0.3) is 0 Å². The second-order valence-electron chi connectivity index (χ2n) is 3.30. The summed E-state index contributed by atoms with van der Waals surface area (Å²) in [6.07, 6.45) is 5.42. The highest BCUT2D eigenvalue weighted by atomic mass is 16.5. The van der Waals surface area contributed by atoms with Crippen molar-refractivity contribution in [2.24, 2.45) is 0 Å².